The normalized spacial score (nSPS) is 13.1. The van der Waals surface area contributed by atoms with Gasteiger partial charge in [0.2, 0.25) is 0 Å². The maximum Gasteiger partial charge on any atom is 1.00 e. The van der Waals surface area contributed by atoms with Gasteiger partial charge in [0.05, 0.1) is 0 Å². The second-order valence-corrected chi connectivity index (χ2v) is 4.37. The predicted octanol–water partition coefficient (Wildman–Crippen LogP) is -1.53. The fourth-order valence-corrected chi connectivity index (χ4v) is 1.41. The SMILES string of the molecule is O=S(=O)([O-])C(Cl)c1ccccc1.[Na+]. The molecule has 0 radical (unpaired) electrons. The van der Waals surface area contributed by atoms with Gasteiger partial charge in [0.15, 0.2) is 0 Å². The number of alkyl halides is 1. The zero-order chi connectivity index (χ0) is 9.19. The van der Waals surface area contributed by atoms with Crippen LogP contribution in [0.2, 0.25) is 0 Å². The third-order valence-corrected chi connectivity index (χ3v) is 3.00. The molecule has 3 nitrogen and oxygen atoms in total. The summed E-state index contributed by atoms with van der Waals surface area (Å²) < 4.78 is 29.8. The van der Waals surface area contributed by atoms with Crippen LogP contribution in [0.1, 0.15) is 10.3 Å². The fraction of sp³-hybridized carbons (Fsp3) is 0.143. The maximum atomic E-state index is 10.4. The van der Waals surface area contributed by atoms with Gasteiger partial charge in [0.25, 0.3) is 0 Å². The number of rotatable bonds is 2. The van der Waals surface area contributed by atoms with E-state index in [-0.39, 0.29) is 29.6 Å². The molecule has 0 fully saturated rings. The molecule has 0 N–H and O–H groups in total. The van der Waals surface area contributed by atoms with Gasteiger partial charge in [0, 0.05) is 0 Å². The molecule has 66 valence electrons. The van der Waals surface area contributed by atoms with E-state index < -0.39 is 14.8 Å². The summed E-state index contributed by atoms with van der Waals surface area (Å²) in [7, 11) is -4.44. The van der Waals surface area contributed by atoms with E-state index in [0.717, 1.165) is 0 Å². The van der Waals surface area contributed by atoms with E-state index >= 15 is 0 Å². The van der Waals surface area contributed by atoms with Crippen molar-refractivity contribution in [3.63, 3.8) is 0 Å². The van der Waals surface area contributed by atoms with Crippen LogP contribution in [0.5, 0.6) is 0 Å². The summed E-state index contributed by atoms with van der Waals surface area (Å²) in [6.45, 7) is 0. The van der Waals surface area contributed by atoms with Crippen molar-refractivity contribution in [1.29, 1.82) is 0 Å². The molecule has 13 heavy (non-hydrogen) atoms. The first kappa shape index (κ1) is 13.4. The van der Waals surface area contributed by atoms with Crippen molar-refractivity contribution in [2.24, 2.45) is 0 Å². The summed E-state index contributed by atoms with van der Waals surface area (Å²) in [4.78, 5) is 0. The molecule has 0 spiro atoms. The fourth-order valence-electron chi connectivity index (χ4n) is 0.771. The second kappa shape index (κ2) is 5.34. The molecule has 0 saturated carbocycles. The number of hydrogen-bond acceptors (Lipinski definition) is 3. The summed E-state index contributed by atoms with van der Waals surface area (Å²) in [5.74, 6) is 0. The van der Waals surface area contributed by atoms with Crippen molar-refractivity contribution < 1.29 is 42.5 Å². The van der Waals surface area contributed by atoms with Gasteiger partial charge >= 0.3 is 29.6 Å². The third-order valence-electron chi connectivity index (χ3n) is 1.32. The average molecular weight is 229 g/mol. The van der Waals surface area contributed by atoms with E-state index in [4.69, 9.17) is 11.6 Å². The molecule has 0 bridgehead atoms. The van der Waals surface area contributed by atoms with Crippen LogP contribution in [-0.4, -0.2) is 13.0 Å². The van der Waals surface area contributed by atoms with Crippen molar-refractivity contribution in [2.45, 2.75) is 4.71 Å². The zero-order valence-electron chi connectivity index (χ0n) is 6.98. The Morgan fingerprint density at radius 2 is 1.69 bits per heavy atom. The molecule has 1 aromatic rings. The Bertz CT molecular complexity index is 351. The Kier molecular flexibility index (Phi) is 5.51. The topological polar surface area (TPSA) is 57.2 Å². The smallest absolute Gasteiger partial charge is 0.747 e. The Balaban J connectivity index is 0.00000144. The largest absolute Gasteiger partial charge is 1.00 e. The van der Waals surface area contributed by atoms with E-state index in [1.165, 1.54) is 12.1 Å². The van der Waals surface area contributed by atoms with Crippen LogP contribution < -0.4 is 29.6 Å². The van der Waals surface area contributed by atoms with Crippen LogP contribution in [0.3, 0.4) is 0 Å². The molecule has 0 aliphatic carbocycles. The van der Waals surface area contributed by atoms with E-state index in [0.29, 0.717) is 5.56 Å². The molecule has 0 amide bonds. The van der Waals surface area contributed by atoms with Crippen LogP contribution in [0.4, 0.5) is 0 Å². The molecular weight excluding hydrogens is 223 g/mol. The van der Waals surface area contributed by atoms with Gasteiger partial charge in [0.1, 0.15) is 14.8 Å². The van der Waals surface area contributed by atoms with E-state index in [2.05, 4.69) is 0 Å². The Morgan fingerprint density at radius 1 is 1.23 bits per heavy atom. The summed E-state index contributed by atoms with van der Waals surface area (Å²) in [5, 5.41) is 0. The van der Waals surface area contributed by atoms with Gasteiger partial charge in [-0.3, -0.25) is 0 Å². The summed E-state index contributed by atoms with van der Waals surface area (Å²) in [5.41, 5.74) is 0.300. The first-order chi connectivity index (χ1) is 5.52. The maximum absolute atomic E-state index is 10.4. The van der Waals surface area contributed by atoms with E-state index in [1.54, 1.807) is 18.2 Å². The monoisotopic (exact) mass is 228 g/mol. The molecule has 1 rings (SSSR count). The van der Waals surface area contributed by atoms with Gasteiger partial charge < -0.3 is 4.55 Å². The third kappa shape index (κ3) is 3.97. The molecule has 1 unspecified atom stereocenters. The molecule has 0 aliphatic heterocycles. The van der Waals surface area contributed by atoms with Crippen LogP contribution in [0.25, 0.3) is 0 Å². The van der Waals surface area contributed by atoms with Crippen LogP contribution in [0.15, 0.2) is 30.3 Å². The minimum Gasteiger partial charge on any atom is -0.747 e. The minimum absolute atomic E-state index is 0. The molecule has 1 atom stereocenters. The molecule has 1 aromatic carbocycles. The molecular formula is C7H6ClNaO3S. The van der Waals surface area contributed by atoms with Gasteiger partial charge in [-0.2, -0.15) is 0 Å². The predicted molar refractivity (Wildman–Crippen MR) is 44.7 cm³/mol. The number of halogens is 1. The first-order valence-corrected chi connectivity index (χ1v) is 5.06. The van der Waals surface area contributed by atoms with E-state index in [9.17, 15) is 13.0 Å². The van der Waals surface area contributed by atoms with Gasteiger partial charge in [-0.25, -0.2) is 8.42 Å². The van der Waals surface area contributed by atoms with Crippen molar-refractivity contribution in [3.8, 4) is 0 Å². The number of hydrogen-bond donors (Lipinski definition) is 0. The molecule has 0 aromatic heterocycles. The van der Waals surface area contributed by atoms with Crippen LogP contribution >= 0.6 is 11.6 Å². The van der Waals surface area contributed by atoms with Crippen LogP contribution in [-0.2, 0) is 10.1 Å². The van der Waals surface area contributed by atoms with Crippen molar-refractivity contribution >= 4 is 21.7 Å². The molecule has 0 aliphatic rings. The van der Waals surface area contributed by atoms with Crippen LogP contribution in [0, 0.1) is 0 Å². The average Bonchev–Trinajstić information content (AvgIpc) is 2.03. The number of benzene rings is 1. The Morgan fingerprint density at radius 3 is 2.08 bits per heavy atom. The van der Waals surface area contributed by atoms with Gasteiger partial charge in [-0.05, 0) is 5.56 Å². The molecule has 0 saturated heterocycles. The molecule has 6 heteroatoms. The summed E-state index contributed by atoms with van der Waals surface area (Å²) in [6, 6.07) is 7.94. The summed E-state index contributed by atoms with van der Waals surface area (Å²) in [6.07, 6.45) is 0. The minimum atomic E-state index is -4.44. The quantitative estimate of drug-likeness (QED) is 0.351. The van der Waals surface area contributed by atoms with Crippen molar-refractivity contribution in [3.05, 3.63) is 35.9 Å². The second-order valence-electron chi connectivity index (χ2n) is 2.22. The van der Waals surface area contributed by atoms with E-state index in [1.807, 2.05) is 0 Å². The van der Waals surface area contributed by atoms with Gasteiger partial charge in [-0.15, -0.1) is 11.6 Å². The zero-order valence-corrected chi connectivity index (χ0v) is 10.5. The Labute approximate surface area is 104 Å². The van der Waals surface area contributed by atoms with Crippen molar-refractivity contribution in [1.82, 2.24) is 0 Å². The summed E-state index contributed by atoms with van der Waals surface area (Å²) >= 11 is 5.38. The van der Waals surface area contributed by atoms with Gasteiger partial charge in [-0.1, -0.05) is 30.3 Å². The molecule has 0 heterocycles. The Hall–Kier alpha value is 0.420. The first-order valence-electron chi connectivity index (χ1n) is 3.15. The van der Waals surface area contributed by atoms with Crippen molar-refractivity contribution in [2.75, 3.05) is 0 Å². The standard InChI is InChI=1S/C7H7ClO3S.Na/c8-7(12(9,10)11)6-4-2-1-3-5-6;/h1-5,7H,(H,9,10,11);/q;+1/p-1.